The van der Waals surface area contributed by atoms with Crippen molar-refractivity contribution in [2.24, 2.45) is 4.99 Å². The number of nitrogens with zero attached hydrogens (tertiary/aromatic N) is 3. The van der Waals surface area contributed by atoms with Crippen molar-refractivity contribution in [2.75, 3.05) is 66.6 Å². The maximum absolute atomic E-state index is 5.84. The van der Waals surface area contributed by atoms with Gasteiger partial charge in [0.2, 0.25) is 0 Å². The van der Waals surface area contributed by atoms with Crippen molar-refractivity contribution in [1.82, 2.24) is 20.4 Å². The van der Waals surface area contributed by atoms with Crippen molar-refractivity contribution in [3.8, 4) is 11.5 Å². The molecular weight excluding hydrogens is 517 g/mol. The molecule has 0 radical (unpaired) electrons. The third kappa shape index (κ3) is 7.95. The summed E-state index contributed by atoms with van der Waals surface area (Å²) in [5, 5.41) is 6.84. The van der Waals surface area contributed by atoms with Crippen molar-refractivity contribution in [3.05, 3.63) is 24.3 Å². The Morgan fingerprint density at radius 1 is 1.00 bits per heavy atom. The predicted molar refractivity (Wildman–Crippen MR) is 143 cm³/mol. The van der Waals surface area contributed by atoms with Crippen LogP contribution in [-0.2, 0) is 0 Å². The van der Waals surface area contributed by atoms with Gasteiger partial charge in [-0.25, -0.2) is 0 Å². The van der Waals surface area contributed by atoms with Crippen LogP contribution in [-0.4, -0.2) is 87.9 Å². The van der Waals surface area contributed by atoms with Gasteiger partial charge < -0.3 is 25.0 Å². The Kier molecular flexibility index (Phi) is 11.9. The molecule has 2 aliphatic heterocycles. The molecule has 3 rings (SSSR count). The van der Waals surface area contributed by atoms with Crippen molar-refractivity contribution in [3.63, 3.8) is 0 Å². The SMILES string of the molecule is CCNC(=NCC1(N2CCCCC2)CCN(C)CC1)NCCOc1ccc(OC)cc1.I. The third-order valence-corrected chi connectivity index (χ3v) is 6.54. The highest BCUT2D eigenvalue weighted by atomic mass is 127. The zero-order valence-corrected chi connectivity index (χ0v) is 22.4. The van der Waals surface area contributed by atoms with Crippen LogP contribution >= 0.6 is 24.0 Å². The van der Waals surface area contributed by atoms with Gasteiger partial charge in [0.05, 0.1) is 20.2 Å². The number of methoxy groups -OCH3 is 1. The van der Waals surface area contributed by atoms with Gasteiger partial charge in [0.25, 0.3) is 0 Å². The minimum atomic E-state index is 0. The summed E-state index contributed by atoms with van der Waals surface area (Å²) in [6, 6.07) is 7.69. The zero-order chi connectivity index (χ0) is 21.9. The summed E-state index contributed by atoms with van der Waals surface area (Å²) in [5.41, 5.74) is 0.203. The molecule has 0 saturated carbocycles. The molecule has 2 fully saturated rings. The van der Waals surface area contributed by atoms with Gasteiger partial charge in [0, 0.05) is 12.1 Å². The Bertz CT molecular complexity index is 671. The minimum Gasteiger partial charge on any atom is -0.497 e. The average molecular weight is 560 g/mol. The molecule has 0 unspecified atom stereocenters. The van der Waals surface area contributed by atoms with Crippen LogP contribution in [0.3, 0.4) is 0 Å². The van der Waals surface area contributed by atoms with E-state index in [1.807, 2.05) is 24.3 Å². The largest absolute Gasteiger partial charge is 0.497 e. The summed E-state index contributed by atoms with van der Waals surface area (Å²) in [7, 11) is 3.90. The Morgan fingerprint density at radius 2 is 1.66 bits per heavy atom. The Morgan fingerprint density at radius 3 is 2.28 bits per heavy atom. The van der Waals surface area contributed by atoms with Crippen LogP contribution in [0.2, 0.25) is 0 Å². The van der Waals surface area contributed by atoms with Gasteiger partial charge >= 0.3 is 0 Å². The van der Waals surface area contributed by atoms with E-state index < -0.39 is 0 Å². The molecule has 0 bridgehead atoms. The van der Waals surface area contributed by atoms with Gasteiger partial charge in [-0.2, -0.15) is 0 Å². The first kappa shape index (κ1) is 27.0. The molecule has 182 valence electrons. The number of likely N-dealkylation sites (tertiary alicyclic amines) is 2. The highest BCUT2D eigenvalue weighted by Crippen LogP contribution is 2.31. The molecule has 1 aromatic rings. The molecule has 0 amide bonds. The van der Waals surface area contributed by atoms with E-state index in [4.69, 9.17) is 14.5 Å². The number of halogens is 1. The molecule has 2 aliphatic rings. The number of guanidine groups is 1. The van der Waals surface area contributed by atoms with Crippen molar-refractivity contribution < 1.29 is 9.47 Å². The number of ether oxygens (including phenoxy) is 2. The standard InChI is InChI=1S/C24H41N5O2.HI/c1-4-25-23(26-14-19-31-22-10-8-21(30-3)9-11-22)27-20-24(12-17-28(2)18-13-24)29-15-6-5-7-16-29;/h8-11H,4-7,12-20H2,1-3H3,(H2,25,26,27);1H. The molecule has 2 N–H and O–H groups in total. The molecule has 2 saturated heterocycles. The van der Waals surface area contributed by atoms with E-state index in [9.17, 15) is 0 Å². The average Bonchev–Trinajstić information content (AvgIpc) is 2.82. The fourth-order valence-electron chi connectivity index (χ4n) is 4.56. The Hall–Kier alpha value is -1.26. The van der Waals surface area contributed by atoms with Gasteiger partial charge in [-0.15, -0.1) is 24.0 Å². The second-order valence-electron chi connectivity index (χ2n) is 8.72. The van der Waals surface area contributed by atoms with E-state index in [0.29, 0.717) is 13.2 Å². The van der Waals surface area contributed by atoms with Gasteiger partial charge in [-0.05, 0) is 90.1 Å². The summed E-state index contributed by atoms with van der Waals surface area (Å²) >= 11 is 0. The molecule has 0 aliphatic carbocycles. The monoisotopic (exact) mass is 559 g/mol. The van der Waals surface area contributed by atoms with Gasteiger partial charge in [-0.3, -0.25) is 9.89 Å². The van der Waals surface area contributed by atoms with E-state index >= 15 is 0 Å². The molecule has 0 aromatic heterocycles. The molecule has 7 nitrogen and oxygen atoms in total. The Labute approximate surface area is 211 Å². The van der Waals surface area contributed by atoms with E-state index in [-0.39, 0.29) is 29.5 Å². The fourth-order valence-corrected chi connectivity index (χ4v) is 4.56. The lowest BCUT2D eigenvalue weighted by Gasteiger charge is -2.49. The van der Waals surface area contributed by atoms with Gasteiger partial charge in [0.15, 0.2) is 5.96 Å². The molecule has 0 atom stereocenters. The van der Waals surface area contributed by atoms with Gasteiger partial charge in [0.1, 0.15) is 18.1 Å². The molecule has 2 heterocycles. The number of rotatable bonds is 9. The van der Waals surface area contributed by atoms with E-state index in [0.717, 1.165) is 43.6 Å². The maximum atomic E-state index is 5.84. The first-order valence-corrected chi connectivity index (χ1v) is 11.9. The van der Waals surface area contributed by atoms with Crippen molar-refractivity contribution in [2.45, 2.75) is 44.6 Å². The maximum Gasteiger partial charge on any atom is 0.191 e. The van der Waals surface area contributed by atoms with Crippen LogP contribution < -0.4 is 20.1 Å². The molecule has 8 heteroatoms. The van der Waals surface area contributed by atoms with Crippen molar-refractivity contribution in [1.29, 1.82) is 0 Å². The Balaban J connectivity index is 0.00000363. The van der Waals surface area contributed by atoms with Crippen LogP contribution in [0.15, 0.2) is 29.3 Å². The number of hydrogen-bond donors (Lipinski definition) is 2. The lowest BCUT2D eigenvalue weighted by molar-refractivity contribution is 0.0208. The summed E-state index contributed by atoms with van der Waals surface area (Å²) in [6.45, 7) is 9.87. The topological polar surface area (TPSA) is 61.4 Å². The lowest BCUT2D eigenvalue weighted by atomic mass is 9.84. The van der Waals surface area contributed by atoms with E-state index in [2.05, 4.69) is 34.4 Å². The number of nitrogens with one attached hydrogen (secondary N) is 2. The first-order valence-electron chi connectivity index (χ1n) is 11.9. The number of piperidine rings is 2. The van der Waals surface area contributed by atoms with Crippen molar-refractivity contribution >= 4 is 29.9 Å². The van der Waals surface area contributed by atoms with Crippen LogP contribution in [0.5, 0.6) is 11.5 Å². The highest BCUT2D eigenvalue weighted by molar-refractivity contribution is 14.0. The van der Waals surface area contributed by atoms with Crippen LogP contribution in [0.25, 0.3) is 0 Å². The summed E-state index contributed by atoms with van der Waals surface area (Å²) in [5.74, 6) is 2.57. The second kappa shape index (κ2) is 14.1. The third-order valence-electron chi connectivity index (χ3n) is 6.54. The minimum absolute atomic E-state index is 0. The van der Waals surface area contributed by atoms with Crippen LogP contribution in [0.4, 0.5) is 0 Å². The first-order chi connectivity index (χ1) is 15.1. The summed E-state index contributed by atoms with van der Waals surface area (Å²) < 4.78 is 11.0. The van der Waals surface area contributed by atoms with Crippen LogP contribution in [0.1, 0.15) is 39.0 Å². The quantitative estimate of drug-likeness (QED) is 0.210. The van der Waals surface area contributed by atoms with Gasteiger partial charge in [-0.1, -0.05) is 6.42 Å². The van der Waals surface area contributed by atoms with E-state index in [1.54, 1.807) is 7.11 Å². The number of aliphatic imine (C=N–C) groups is 1. The zero-order valence-electron chi connectivity index (χ0n) is 20.1. The summed E-state index contributed by atoms with van der Waals surface area (Å²) in [6.07, 6.45) is 6.42. The molecular formula is C24H42IN5O2. The lowest BCUT2D eigenvalue weighted by Crippen LogP contribution is -2.58. The normalized spacial score (nSPS) is 19.7. The molecule has 1 aromatic carbocycles. The van der Waals surface area contributed by atoms with E-state index in [1.165, 1.54) is 45.2 Å². The molecule has 32 heavy (non-hydrogen) atoms. The van der Waals surface area contributed by atoms with Crippen LogP contribution in [0, 0.1) is 0 Å². The second-order valence-corrected chi connectivity index (χ2v) is 8.72. The smallest absolute Gasteiger partial charge is 0.191 e. The number of hydrogen-bond acceptors (Lipinski definition) is 5. The predicted octanol–water partition coefficient (Wildman–Crippen LogP) is 3.20. The fraction of sp³-hybridized carbons (Fsp3) is 0.708. The highest BCUT2D eigenvalue weighted by Gasteiger charge is 2.39. The molecule has 0 spiro atoms. The summed E-state index contributed by atoms with van der Waals surface area (Å²) in [4.78, 5) is 10.2. The number of benzene rings is 1.